The quantitative estimate of drug-likeness (QED) is 0.861. The van der Waals surface area contributed by atoms with Gasteiger partial charge in [0, 0.05) is 18.9 Å². The van der Waals surface area contributed by atoms with Crippen LogP contribution in [0.3, 0.4) is 0 Å². The first-order valence-corrected chi connectivity index (χ1v) is 6.81. The normalized spacial score (nSPS) is 16.0. The number of rotatable bonds is 4. The van der Waals surface area contributed by atoms with Crippen LogP contribution in [0, 0.1) is 0 Å². The molecule has 1 fully saturated rings. The molecule has 112 valence electrons. The Morgan fingerprint density at radius 2 is 1.95 bits per heavy atom. The van der Waals surface area contributed by atoms with Crippen LogP contribution in [0.1, 0.15) is 19.8 Å². The van der Waals surface area contributed by atoms with Crippen molar-refractivity contribution in [1.29, 1.82) is 0 Å². The molecule has 0 saturated carbocycles. The zero-order valence-corrected chi connectivity index (χ0v) is 12.4. The smallest absolute Gasteiger partial charge is 0.247 e. The van der Waals surface area contributed by atoms with Gasteiger partial charge >= 0.3 is 0 Å². The first-order valence-electron chi connectivity index (χ1n) is 6.43. The average molecular weight is 311 g/mol. The molecule has 21 heavy (non-hydrogen) atoms. The molecular formula is C14H15ClN2O4. The van der Waals surface area contributed by atoms with Crippen molar-refractivity contribution in [1.82, 2.24) is 4.90 Å². The van der Waals surface area contributed by atoms with E-state index >= 15 is 0 Å². The molecule has 0 unspecified atom stereocenters. The molecule has 0 radical (unpaired) electrons. The van der Waals surface area contributed by atoms with Crippen molar-refractivity contribution in [2.24, 2.45) is 0 Å². The number of nitrogens with one attached hydrogen (secondary N) is 1. The Morgan fingerprint density at radius 3 is 2.52 bits per heavy atom. The molecule has 6 nitrogen and oxygen atoms in total. The molecule has 1 aliphatic rings. The van der Waals surface area contributed by atoms with Crippen molar-refractivity contribution in [2.45, 2.75) is 25.8 Å². The Hall–Kier alpha value is -2.08. The number of methoxy groups -OCH3 is 1. The number of carbonyl (C=O) groups is 3. The highest BCUT2D eigenvalue weighted by molar-refractivity contribution is 6.33. The Kier molecular flexibility index (Phi) is 4.47. The number of likely N-dealkylation sites (tertiary alicyclic amines) is 1. The van der Waals surface area contributed by atoms with E-state index in [1.54, 1.807) is 18.2 Å². The molecule has 2 rings (SSSR count). The third kappa shape index (κ3) is 3.16. The summed E-state index contributed by atoms with van der Waals surface area (Å²) >= 11 is 6.00. The van der Waals surface area contributed by atoms with Crippen LogP contribution in [0.5, 0.6) is 5.75 Å². The Bertz CT molecular complexity index is 587. The predicted octanol–water partition coefficient (Wildman–Crippen LogP) is 1.82. The van der Waals surface area contributed by atoms with Crippen molar-refractivity contribution in [3.8, 4) is 5.75 Å². The first kappa shape index (κ1) is 15.3. The van der Waals surface area contributed by atoms with E-state index in [4.69, 9.17) is 16.3 Å². The fraction of sp³-hybridized carbons (Fsp3) is 0.357. The number of nitrogens with zero attached hydrogens (tertiary/aromatic N) is 1. The highest BCUT2D eigenvalue weighted by atomic mass is 35.5. The zero-order chi connectivity index (χ0) is 15.6. The highest BCUT2D eigenvalue weighted by Gasteiger charge is 2.36. The van der Waals surface area contributed by atoms with Crippen LogP contribution in [-0.2, 0) is 14.4 Å². The Morgan fingerprint density at radius 1 is 1.33 bits per heavy atom. The number of hydrogen-bond acceptors (Lipinski definition) is 4. The summed E-state index contributed by atoms with van der Waals surface area (Å²) in [5.74, 6) is -0.608. The van der Waals surface area contributed by atoms with Gasteiger partial charge in [0.1, 0.15) is 11.8 Å². The lowest BCUT2D eigenvalue weighted by molar-refractivity contribution is -0.144. The van der Waals surface area contributed by atoms with Gasteiger partial charge in [-0.1, -0.05) is 11.6 Å². The second-order valence-electron chi connectivity index (χ2n) is 4.67. The number of hydrogen-bond donors (Lipinski definition) is 1. The molecule has 0 bridgehead atoms. The van der Waals surface area contributed by atoms with E-state index in [0.29, 0.717) is 16.5 Å². The molecule has 1 aliphatic heterocycles. The third-order valence-corrected chi connectivity index (χ3v) is 3.62. The van der Waals surface area contributed by atoms with E-state index in [0.717, 1.165) is 4.90 Å². The minimum absolute atomic E-state index is 0.149. The summed E-state index contributed by atoms with van der Waals surface area (Å²) in [4.78, 5) is 36.4. The summed E-state index contributed by atoms with van der Waals surface area (Å²) in [5.41, 5.74) is 0.368. The second-order valence-corrected chi connectivity index (χ2v) is 5.08. The molecule has 3 amide bonds. The molecule has 1 aromatic rings. The van der Waals surface area contributed by atoms with Gasteiger partial charge in [-0.05, 0) is 19.1 Å². The van der Waals surface area contributed by atoms with E-state index in [-0.39, 0.29) is 24.7 Å². The Balaban J connectivity index is 2.14. The van der Waals surface area contributed by atoms with Gasteiger partial charge in [-0.3, -0.25) is 19.3 Å². The van der Waals surface area contributed by atoms with Gasteiger partial charge < -0.3 is 10.1 Å². The van der Waals surface area contributed by atoms with Crippen LogP contribution >= 0.6 is 11.6 Å². The summed E-state index contributed by atoms with van der Waals surface area (Å²) in [5, 5.41) is 2.95. The predicted molar refractivity (Wildman–Crippen MR) is 77.2 cm³/mol. The molecule has 1 saturated heterocycles. The zero-order valence-electron chi connectivity index (χ0n) is 11.7. The van der Waals surface area contributed by atoms with Crippen LogP contribution in [-0.4, -0.2) is 35.8 Å². The van der Waals surface area contributed by atoms with Gasteiger partial charge in [0.25, 0.3) is 0 Å². The second kappa shape index (κ2) is 6.13. The first-order chi connectivity index (χ1) is 9.93. The number of imide groups is 1. The molecule has 0 spiro atoms. The van der Waals surface area contributed by atoms with Gasteiger partial charge in [0.2, 0.25) is 17.7 Å². The number of amides is 3. The average Bonchev–Trinajstić information content (AvgIpc) is 2.79. The number of benzene rings is 1. The van der Waals surface area contributed by atoms with E-state index in [1.807, 2.05) is 0 Å². The van der Waals surface area contributed by atoms with Gasteiger partial charge in [0.15, 0.2) is 0 Å². The van der Waals surface area contributed by atoms with Crippen molar-refractivity contribution in [2.75, 3.05) is 12.4 Å². The van der Waals surface area contributed by atoms with Crippen LogP contribution in [0.2, 0.25) is 5.02 Å². The van der Waals surface area contributed by atoms with E-state index < -0.39 is 11.9 Å². The fourth-order valence-electron chi connectivity index (χ4n) is 2.11. The minimum Gasteiger partial charge on any atom is -0.497 e. The van der Waals surface area contributed by atoms with Crippen LogP contribution in [0.25, 0.3) is 0 Å². The molecule has 7 heteroatoms. The molecule has 1 heterocycles. The van der Waals surface area contributed by atoms with Gasteiger partial charge in [-0.2, -0.15) is 0 Å². The maximum Gasteiger partial charge on any atom is 0.247 e. The third-order valence-electron chi connectivity index (χ3n) is 3.29. The lowest BCUT2D eigenvalue weighted by Crippen LogP contribution is -2.45. The van der Waals surface area contributed by atoms with Gasteiger partial charge in [-0.15, -0.1) is 0 Å². The van der Waals surface area contributed by atoms with E-state index in [1.165, 1.54) is 14.0 Å². The summed E-state index contributed by atoms with van der Waals surface area (Å²) < 4.78 is 5.06. The van der Waals surface area contributed by atoms with E-state index in [9.17, 15) is 14.4 Å². The lowest BCUT2D eigenvalue weighted by Gasteiger charge is -2.22. The number of ether oxygens (including phenoxy) is 1. The molecule has 0 aliphatic carbocycles. The molecule has 1 atom stereocenters. The van der Waals surface area contributed by atoms with Crippen molar-refractivity contribution < 1.29 is 19.1 Å². The van der Waals surface area contributed by atoms with Crippen molar-refractivity contribution in [3.63, 3.8) is 0 Å². The Labute approximate surface area is 127 Å². The summed E-state index contributed by atoms with van der Waals surface area (Å²) in [6.45, 7) is 1.50. The topological polar surface area (TPSA) is 75.7 Å². The highest BCUT2D eigenvalue weighted by Crippen LogP contribution is 2.27. The van der Waals surface area contributed by atoms with E-state index in [2.05, 4.69) is 5.32 Å². The lowest BCUT2D eigenvalue weighted by atomic mass is 10.2. The minimum atomic E-state index is -0.880. The number of halogens is 1. The number of carbonyl (C=O) groups excluding carboxylic acids is 3. The van der Waals surface area contributed by atoms with Crippen molar-refractivity contribution >= 4 is 35.0 Å². The SMILES string of the molecule is COc1ccc(Cl)c(NC(=O)[C@H](C)N2C(=O)CCC2=O)c1. The summed E-state index contributed by atoms with van der Waals surface area (Å²) in [6.07, 6.45) is 0.298. The van der Waals surface area contributed by atoms with Crippen LogP contribution in [0.4, 0.5) is 5.69 Å². The monoisotopic (exact) mass is 310 g/mol. The maximum atomic E-state index is 12.2. The molecular weight excluding hydrogens is 296 g/mol. The van der Waals surface area contributed by atoms with Crippen LogP contribution in [0.15, 0.2) is 18.2 Å². The van der Waals surface area contributed by atoms with Crippen LogP contribution < -0.4 is 10.1 Å². The maximum absolute atomic E-state index is 12.2. The largest absolute Gasteiger partial charge is 0.497 e. The standard InChI is InChI=1S/C14H15ClN2O4/c1-8(17-12(18)5-6-13(17)19)14(20)16-11-7-9(21-2)3-4-10(11)15/h3-4,7-8H,5-6H2,1-2H3,(H,16,20)/t8-/m0/s1. The fourth-order valence-corrected chi connectivity index (χ4v) is 2.27. The van der Waals surface area contributed by atoms with Crippen molar-refractivity contribution in [3.05, 3.63) is 23.2 Å². The summed E-state index contributed by atoms with van der Waals surface area (Å²) in [6, 6.07) is 3.94. The number of anilines is 1. The molecule has 1 N–H and O–H groups in total. The molecule has 0 aromatic heterocycles. The summed E-state index contributed by atoms with van der Waals surface area (Å²) in [7, 11) is 1.50. The molecule has 1 aromatic carbocycles. The van der Waals surface area contributed by atoms with Gasteiger partial charge in [0.05, 0.1) is 17.8 Å². The van der Waals surface area contributed by atoms with Gasteiger partial charge in [-0.25, -0.2) is 0 Å².